The number of hydrogen-bond donors (Lipinski definition) is 0. The van der Waals surface area contributed by atoms with Crippen LogP contribution in [-0.2, 0) is 0 Å². The normalized spacial score (nSPS) is 21.8. The van der Waals surface area contributed by atoms with Crippen molar-refractivity contribution in [3.05, 3.63) is 36.5 Å². The third-order valence-electron chi connectivity index (χ3n) is 4.18. The van der Waals surface area contributed by atoms with Gasteiger partial charge in [-0.25, -0.2) is 0 Å². The first-order chi connectivity index (χ1) is 8.75. The summed E-state index contributed by atoms with van der Waals surface area (Å²) in [5, 5.41) is 1.36. The molecule has 2 nitrogen and oxygen atoms in total. The Balaban J connectivity index is 1.90. The molecule has 1 aliphatic rings. The van der Waals surface area contributed by atoms with Gasteiger partial charge in [-0.1, -0.05) is 18.2 Å². The lowest BCUT2D eigenvalue weighted by molar-refractivity contribution is 0.145. The molecule has 0 N–H and O–H groups in total. The molecule has 1 aromatic carbocycles. The van der Waals surface area contributed by atoms with Crippen LogP contribution >= 0.6 is 0 Å². The SMILES string of the molecule is CC(C)N1CCCC(n2ccc3ccccc32)C1. The van der Waals surface area contributed by atoms with Gasteiger partial charge in [0.05, 0.1) is 0 Å². The fraction of sp³-hybridized carbons (Fsp3) is 0.500. The second kappa shape index (κ2) is 4.77. The molecule has 0 radical (unpaired) electrons. The van der Waals surface area contributed by atoms with Crippen LogP contribution in [0.3, 0.4) is 0 Å². The van der Waals surface area contributed by atoms with Gasteiger partial charge >= 0.3 is 0 Å². The van der Waals surface area contributed by atoms with E-state index in [-0.39, 0.29) is 0 Å². The molecule has 0 amide bonds. The summed E-state index contributed by atoms with van der Waals surface area (Å²) in [5.74, 6) is 0. The molecular weight excluding hydrogens is 220 g/mol. The van der Waals surface area contributed by atoms with Crippen LogP contribution in [0.4, 0.5) is 0 Å². The fourth-order valence-corrected chi connectivity index (χ4v) is 3.10. The first kappa shape index (κ1) is 11.8. The van der Waals surface area contributed by atoms with Crippen molar-refractivity contribution in [1.82, 2.24) is 9.47 Å². The number of benzene rings is 1. The van der Waals surface area contributed by atoms with E-state index in [1.807, 2.05) is 0 Å². The molecule has 1 atom stereocenters. The van der Waals surface area contributed by atoms with Gasteiger partial charge in [-0.05, 0) is 50.8 Å². The van der Waals surface area contributed by atoms with Crippen molar-refractivity contribution in [3.63, 3.8) is 0 Å². The van der Waals surface area contributed by atoms with Crippen molar-refractivity contribution in [3.8, 4) is 0 Å². The third kappa shape index (κ3) is 2.05. The van der Waals surface area contributed by atoms with Crippen LogP contribution in [0, 0.1) is 0 Å². The van der Waals surface area contributed by atoms with Crippen molar-refractivity contribution in [2.24, 2.45) is 0 Å². The number of nitrogens with zero attached hydrogens (tertiary/aromatic N) is 2. The molecule has 1 saturated heterocycles. The van der Waals surface area contributed by atoms with E-state index in [9.17, 15) is 0 Å². The van der Waals surface area contributed by atoms with Crippen LogP contribution in [-0.4, -0.2) is 28.6 Å². The van der Waals surface area contributed by atoms with Crippen molar-refractivity contribution in [1.29, 1.82) is 0 Å². The standard InChI is InChI=1S/C16H22N2/c1-13(2)17-10-5-7-15(12-17)18-11-9-14-6-3-4-8-16(14)18/h3-4,6,8-9,11,13,15H,5,7,10,12H2,1-2H3. The Hall–Kier alpha value is -1.28. The lowest BCUT2D eigenvalue weighted by Crippen LogP contribution is -2.40. The van der Waals surface area contributed by atoms with Gasteiger partial charge in [0.1, 0.15) is 0 Å². The summed E-state index contributed by atoms with van der Waals surface area (Å²) in [6, 6.07) is 12.2. The van der Waals surface area contributed by atoms with E-state index < -0.39 is 0 Å². The Labute approximate surface area is 109 Å². The van der Waals surface area contributed by atoms with Crippen molar-refractivity contribution >= 4 is 10.9 Å². The average molecular weight is 242 g/mol. The van der Waals surface area contributed by atoms with E-state index in [2.05, 4.69) is 59.8 Å². The topological polar surface area (TPSA) is 8.17 Å². The summed E-state index contributed by atoms with van der Waals surface area (Å²) in [7, 11) is 0. The summed E-state index contributed by atoms with van der Waals surface area (Å²) in [6.07, 6.45) is 4.89. The summed E-state index contributed by atoms with van der Waals surface area (Å²) >= 11 is 0. The van der Waals surface area contributed by atoms with Crippen LogP contribution in [0.15, 0.2) is 36.5 Å². The van der Waals surface area contributed by atoms with E-state index in [0.717, 1.165) is 0 Å². The number of rotatable bonds is 2. The van der Waals surface area contributed by atoms with Gasteiger partial charge in [0, 0.05) is 30.3 Å². The highest BCUT2D eigenvalue weighted by atomic mass is 15.2. The Morgan fingerprint density at radius 2 is 2.00 bits per heavy atom. The van der Waals surface area contributed by atoms with E-state index >= 15 is 0 Å². The molecule has 1 aromatic heterocycles. The molecule has 96 valence electrons. The second-order valence-corrected chi connectivity index (χ2v) is 5.67. The van der Waals surface area contributed by atoms with Gasteiger partial charge in [0.25, 0.3) is 0 Å². The Kier molecular flexibility index (Phi) is 3.13. The number of para-hydroxylation sites is 1. The first-order valence-corrected chi connectivity index (χ1v) is 7.05. The lowest BCUT2D eigenvalue weighted by Gasteiger charge is -2.36. The quantitative estimate of drug-likeness (QED) is 0.780. The summed E-state index contributed by atoms with van der Waals surface area (Å²) in [6.45, 7) is 7.05. The minimum atomic E-state index is 0.640. The van der Waals surface area contributed by atoms with E-state index in [0.29, 0.717) is 12.1 Å². The molecule has 0 bridgehead atoms. The molecule has 1 aliphatic heterocycles. The maximum absolute atomic E-state index is 2.60. The van der Waals surface area contributed by atoms with Gasteiger partial charge in [-0.15, -0.1) is 0 Å². The van der Waals surface area contributed by atoms with Gasteiger partial charge in [-0.3, -0.25) is 4.90 Å². The van der Waals surface area contributed by atoms with Crippen molar-refractivity contribution < 1.29 is 0 Å². The first-order valence-electron chi connectivity index (χ1n) is 7.05. The molecule has 0 saturated carbocycles. The van der Waals surface area contributed by atoms with E-state index in [1.54, 1.807) is 0 Å². The predicted molar refractivity (Wildman–Crippen MR) is 76.9 cm³/mol. The smallest absolute Gasteiger partial charge is 0.0483 e. The molecule has 2 aromatic rings. The van der Waals surface area contributed by atoms with E-state index in [4.69, 9.17) is 0 Å². The maximum atomic E-state index is 2.60. The molecular formula is C16H22N2. The number of fused-ring (bicyclic) bond motifs is 1. The van der Waals surface area contributed by atoms with Crippen molar-refractivity contribution in [2.75, 3.05) is 13.1 Å². The fourth-order valence-electron chi connectivity index (χ4n) is 3.10. The van der Waals surface area contributed by atoms with Crippen LogP contribution in [0.25, 0.3) is 10.9 Å². The number of piperidine rings is 1. The summed E-state index contributed by atoms with van der Waals surface area (Å²) in [5.41, 5.74) is 1.38. The Morgan fingerprint density at radius 3 is 2.83 bits per heavy atom. The summed E-state index contributed by atoms with van der Waals surface area (Å²) < 4.78 is 2.48. The number of aromatic nitrogens is 1. The highest BCUT2D eigenvalue weighted by Gasteiger charge is 2.23. The van der Waals surface area contributed by atoms with Crippen LogP contribution in [0.2, 0.25) is 0 Å². The molecule has 0 aliphatic carbocycles. The van der Waals surface area contributed by atoms with Crippen LogP contribution in [0.5, 0.6) is 0 Å². The van der Waals surface area contributed by atoms with Gasteiger partial charge in [0.15, 0.2) is 0 Å². The number of hydrogen-bond acceptors (Lipinski definition) is 1. The van der Waals surface area contributed by atoms with Crippen LogP contribution < -0.4 is 0 Å². The third-order valence-corrected chi connectivity index (χ3v) is 4.18. The minimum Gasteiger partial charge on any atom is -0.343 e. The zero-order chi connectivity index (χ0) is 12.5. The van der Waals surface area contributed by atoms with Gasteiger partial charge < -0.3 is 4.57 Å². The van der Waals surface area contributed by atoms with Gasteiger partial charge in [0.2, 0.25) is 0 Å². The molecule has 1 unspecified atom stereocenters. The molecule has 2 heterocycles. The Bertz CT molecular complexity index is 527. The molecule has 1 fully saturated rings. The van der Waals surface area contributed by atoms with E-state index in [1.165, 1.54) is 36.8 Å². The highest BCUT2D eigenvalue weighted by Crippen LogP contribution is 2.27. The van der Waals surface area contributed by atoms with Crippen molar-refractivity contribution in [2.45, 2.75) is 38.8 Å². The molecule has 2 heteroatoms. The van der Waals surface area contributed by atoms with Crippen LogP contribution in [0.1, 0.15) is 32.7 Å². The average Bonchev–Trinajstić information content (AvgIpc) is 2.82. The second-order valence-electron chi connectivity index (χ2n) is 5.67. The summed E-state index contributed by atoms with van der Waals surface area (Å²) in [4.78, 5) is 2.60. The highest BCUT2D eigenvalue weighted by molar-refractivity contribution is 5.80. The largest absolute Gasteiger partial charge is 0.343 e. The molecule has 18 heavy (non-hydrogen) atoms. The molecule has 0 spiro atoms. The zero-order valence-electron chi connectivity index (χ0n) is 11.3. The van der Waals surface area contributed by atoms with Gasteiger partial charge in [-0.2, -0.15) is 0 Å². The molecule has 3 rings (SSSR count). The predicted octanol–water partition coefficient (Wildman–Crippen LogP) is 3.69. The Morgan fingerprint density at radius 1 is 1.17 bits per heavy atom. The minimum absolute atomic E-state index is 0.640. The maximum Gasteiger partial charge on any atom is 0.0483 e. The lowest BCUT2D eigenvalue weighted by atomic mass is 10.0. The number of likely N-dealkylation sites (tertiary alicyclic amines) is 1. The monoisotopic (exact) mass is 242 g/mol. The zero-order valence-corrected chi connectivity index (χ0v) is 11.3.